The van der Waals surface area contributed by atoms with E-state index in [9.17, 15) is 8.78 Å². The maximum Gasteiger partial charge on any atom is 0.151 e. The molecule has 2 heterocycles. The zero-order chi connectivity index (χ0) is 15.5. The third-order valence-corrected chi connectivity index (χ3v) is 4.03. The number of hydrogen-bond acceptors (Lipinski definition) is 4. The standard InChI is InChI=1S/C15H19F2N5/c1-2-20-5-7-21(8-6-20)10-15-18-11-19-22(15)14-4-3-12(16)9-13(14)17/h3-4,9,11H,2,5-8,10H2,1H3. The van der Waals surface area contributed by atoms with Crippen molar-refractivity contribution < 1.29 is 8.78 Å². The maximum atomic E-state index is 13.9. The van der Waals surface area contributed by atoms with Crippen LogP contribution in [-0.4, -0.2) is 57.3 Å². The number of likely N-dealkylation sites (N-methyl/N-ethyl adjacent to an activating group) is 1. The van der Waals surface area contributed by atoms with Crippen LogP contribution in [0.1, 0.15) is 12.7 Å². The summed E-state index contributed by atoms with van der Waals surface area (Å²) in [5.41, 5.74) is 0.223. The van der Waals surface area contributed by atoms with Gasteiger partial charge < -0.3 is 4.90 Å². The molecule has 0 bridgehead atoms. The Bertz CT molecular complexity index is 635. The number of piperazine rings is 1. The quantitative estimate of drug-likeness (QED) is 0.861. The summed E-state index contributed by atoms with van der Waals surface area (Å²) in [6.07, 6.45) is 1.40. The first kappa shape index (κ1) is 15.1. The van der Waals surface area contributed by atoms with E-state index in [4.69, 9.17) is 0 Å². The second-order valence-electron chi connectivity index (χ2n) is 5.39. The molecule has 1 aromatic heterocycles. The summed E-state index contributed by atoms with van der Waals surface area (Å²) in [7, 11) is 0. The average Bonchev–Trinajstić information content (AvgIpc) is 2.96. The van der Waals surface area contributed by atoms with Crippen molar-refractivity contribution in [1.82, 2.24) is 24.6 Å². The highest BCUT2D eigenvalue weighted by Crippen LogP contribution is 2.16. The predicted octanol–water partition coefficient (Wildman–Crippen LogP) is 1.68. The number of aromatic nitrogens is 3. The molecular formula is C15H19F2N5. The summed E-state index contributed by atoms with van der Waals surface area (Å²) in [5.74, 6) is -0.573. The van der Waals surface area contributed by atoms with Gasteiger partial charge in [0.25, 0.3) is 0 Å². The van der Waals surface area contributed by atoms with E-state index in [0.29, 0.717) is 12.4 Å². The Morgan fingerprint density at radius 2 is 1.82 bits per heavy atom. The first-order valence-corrected chi connectivity index (χ1v) is 7.46. The van der Waals surface area contributed by atoms with E-state index in [1.807, 2.05) is 0 Å². The second-order valence-corrected chi connectivity index (χ2v) is 5.39. The highest BCUT2D eigenvalue weighted by Gasteiger charge is 2.19. The lowest BCUT2D eigenvalue weighted by Gasteiger charge is -2.33. The first-order valence-electron chi connectivity index (χ1n) is 7.46. The second kappa shape index (κ2) is 6.50. The van der Waals surface area contributed by atoms with Gasteiger partial charge in [-0.1, -0.05) is 6.92 Å². The zero-order valence-corrected chi connectivity index (χ0v) is 12.5. The van der Waals surface area contributed by atoms with Gasteiger partial charge in [0.05, 0.1) is 6.54 Å². The molecule has 0 spiro atoms. The molecule has 0 atom stereocenters. The van der Waals surface area contributed by atoms with Gasteiger partial charge in [0, 0.05) is 32.2 Å². The van der Waals surface area contributed by atoms with Gasteiger partial charge >= 0.3 is 0 Å². The zero-order valence-electron chi connectivity index (χ0n) is 12.5. The summed E-state index contributed by atoms with van der Waals surface area (Å²) < 4.78 is 28.4. The van der Waals surface area contributed by atoms with Gasteiger partial charge in [0.2, 0.25) is 0 Å². The molecule has 3 rings (SSSR count). The molecule has 5 nitrogen and oxygen atoms in total. The van der Waals surface area contributed by atoms with Crippen LogP contribution in [0.25, 0.3) is 5.69 Å². The number of rotatable bonds is 4. The van der Waals surface area contributed by atoms with Gasteiger partial charge in [-0.25, -0.2) is 18.4 Å². The Labute approximate surface area is 128 Å². The number of nitrogens with zero attached hydrogens (tertiary/aromatic N) is 5. The van der Waals surface area contributed by atoms with Gasteiger partial charge in [0.15, 0.2) is 5.82 Å². The van der Waals surface area contributed by atoms with Crippen molar-refractivity contribution in [1.29, 1.82) is 0 Å². The van der Waals surface area contributed by atoms with E-state index in [0.717, 1.165) is 38.8 Å². The van der Waals surface area contributed by atoms with Crippen molar-refractivity contribution in [2.45, 2.75) is 13.5 Å². The lowest BCUT2D eigenvalue weighted by molar-refractivity contribution is 0.129. The van der Waals surface area contributed by atoms with Gasteiger partial charge in [0.1, 0.15) is 23.7 Å². The lowest BCUT2D eigenvalue weighted by Crippen LogP contribution is -2.45. The molecule has 0 unspecified atom stereocenters. The normalized spacial score (nSPS) is 17.0. The van der Waals surface area contributed by atoms with E-state index >= 15 is 0 Å². The third-order valence-electron chi connectivity index (χ3n) is 4.03. The fourth-order valence-electron chi connectivity index (χ4n) is 2.69. The van der Waals surface area contributed by atoms with Crippen LogP contribution in [0, 0.1) is 11.6 Å². The molecule has 1 aliphatic heterocycles. The topological polar surface area (TPSA) is 37.2 Å². The highest BCUT2D eigenvalue weighted by atomic mass is 19.1. The smallest absolute Gasteiger partial charge is 0.151 e. The average molecular weight is 307 g/mol. The van der Waals surface area contributed by atoms with Crippen LogP contribution in [0.4, 0.5) is 8.78 Å². The summed E-state index contributed by atoms with van der Waals surface area (Å²) in [6, 6.07) is 3.47. The lowest BCUT2D eigenvalue weighted by atomic mass is 10.3. The molecule has 22 heavy (non-hydrogen) atoms. The largest absolute Gasteiger partial charge is 0.301 e. The molecule has 2 aromatic rings. The fraction of sp³-hybridized carbons (Fsp3) is 0.467. The van der Waals surface area contributed by atoms with Crippen LogP contribution in [0.2, 0.25) is 0 Å². The van der Waals surface area contributed by atoms with Crippen LogP contribution >= 0.6 is 0 Å². The molecule has 0 saturated carbocycles. The Morgan fingerprint density at radius 3 is 2.50 bits per heavy atom. The molecule has 1 aliphatic rings. The van der Waals surface area contributed by atoms with Gasteiger partial charge in [-0.3, -0.25) is 4.90 Å². The summed E-state index contributed by atoms with van der Waals surface area (Å²) in [6.45, 7) is 7.77. The van der Waals surface area contributed by atoms with Crippen LogP contribution in [0.5, 0.6) is 0 Å². The monoisotopic (exact) mass is 307 g/mol. The van der Waals surface area contributed by atoms with Crippen molar-refractivity contribution in [3.8, 4) is 5.69 Å². The molecule has 0 aliphatic carbocycles. The molecule has 7 heteroatoms. The minimum absolute atomic E-state index is 0.223. The van der Waals surface area contributed by atoms with E-state index in [1.54, 1.807) is 0 Å². The highest BCUT2D eigenvalue weighted by molar-refractivity contribution is 5.33. The van der Waals surface area contributed by atoms with Crippen molar-refractivity contribution in [2.75, 3.05) is 32.7 Å². The van der Waals surface area contributed by atoms with Crippen LogP contribution in [0.15, 0.2) is 24.5 Å². The number of halogens is 2. The molecule has 1 saturated heterocycles. The SMILES string of the molecule is CCN1CCN(Cc2ncnn2-c2ccc(F)cc2F)CC1. The molecule has 0 N–H and O–H groups in total. The maximum absolute atomic E-state index is 13.9. The number of hydrogen-bond donors (Lipinski definition) is 0. The summed E-state index contributed by atoms with van der Waals surface area (Å²) >= 11 is 0. The Morgan fingerprint density at radius 1 is 1.09 bits per heavy atom. The van der Waals surface area contributed by atoms with E-state index in [1.165, 1.54) is 23.1 Å². The molecule has 0 amide bonds. The Balaban J connectivity index is 1.75. The molecule has 118 valence electrons. The summed E-state index contributed by atoms with van der Waals surface area (Å²) in [5, 5.41) is 4.08. The van der Waals surface area contributed by atoms with E-state index < -0.39 is 11.6 Å². The molecular weight excluding hydrogens is 288 g/mol. The van der Waals surface area contributed by atoms with Crippen LogP contribution in [-0.2, 0) is 6.54 Å². The van der Waals surface area contributed by atoms with E-state index in [-0.39, 0.29) is 5.69 Å². The number of benzene rings is 1. The van der Waals surface area contributed by atoms with Gasteiger partial charge in [-0.2, -0.15) is 5.10 Å². The predicted molar refractivity (Wildman–Crippen MR) is 78.7 cm³/mol. The third kappa shape index (κ3) is 3.15. The first-order chi connectivity index (χ1) is 10.7. The fourth-order valence-corrected chi connectivity index (χ4v) is 2.69. The van der Waals surface area contributed by atoms with Gasteiger partial charge in [-0.05, 0) is 18.7 Å². The Hall–Kier alpha value is -1.86. The minimum atomic E-state index is -0.637. The van der Waals surface area contributed by atoms with Crippen molar-refractivity contribution in [3.05, 3.63) is 42.0 Å². The van der Waals surface area contributed by atoms with Crippen LogP contribution in [0.3, 0.4) is 0 Å². The van der Waals surface area contributed by atoms with Crippen molar-refractivity contribution in [3.63, 3.8) is 0 Å². The van der Waals surface area contributed by atoms with Crippen molar-refractivity contribution >= 4 is 0 Å². The molecule has 0 radical (unpaired) electrons. The van der Waals surface area contributed by atoms with Crippen LogP contribution < -0.4 is 0 Å². The van der Waals surface area contributed by atoms with E-state index in [2.05, 4.69) is 26.8 Å². The van der Waals surface area contributed by atoms with Crippen molar-refractivity contribution in [2.24, 2.45) is 0 Å². The van der Waals surface area contributed by atoms with Gasteiger partial charge in [-0.15, -0.1) is 0 Å². The summed E-state index contributed by atoms with van der Waals surface area (Å²) in [4.78, 5) is 8.89. The molecule has 1 aromatic carbocycles. The molecule has 1 fully saturated rings. The minimum Gasteiger partial charge on any atom is -0.301 e. The Kier molecular flexibility index (Phi) is 4.44.